The molecule has 0 heterocycles. The lowest BCUT2D eigenvalue weighted by Gasteiger charge is -2.19. The van der Waals surface area contributed by atoms with E-state index >= 15 is 0 Å². The van der Waals surface area contributed by atoms with Crippen molar-refractivity contribution in [3.63, 3.8) is 0 Å². The molecule has 4 nitrogen and oxygen atoms in total. The molecule has 1 aromatic rings. The van der Waals surface area contributed by atoms with Crippen molar-refractivity contribution < 1.29 is 17.7 Å². The van der Waals surface area contributed by atoms with Crippen LogP contribution in [0.3, 0.4) is 0 Å². The molecular formula is C29H54O4S. The summed E-state index contributed by atoms with van der Waals surface area (Å²) in [6, 6.07) is 6.80. The van der Waals surface area contributed by atoms with E-state index in [0.29, 0.717) is 24.4 Å². The lowest BCUT2D eigenvalue weighted by Crippen LogP contribution is -2.16. The highest BCUT2D eigenvalue weighted by molar-refractivity contribution is 7.86. The Morgan fingerprint density at radius 3 is 1.71 bits per heavy atom. The highest BCUT2D eigenvalue weighted by Crippen LogP contribution is 2.23. The van der Waals surface area contributed by atoms with Crippen molar-refractivity contribution >= 4 is 10.1 Å². The normalized spacial score (nSPS) is 15.2. The summed E-state index contributed by atoms with van der Waals surface area (Å²) >= 11 is 0. The maximum atomic E-state index is 12.2. The Labute approximate surface area is 212 Å². The molecule has 1 N–H and O–H groups in total. The quantitative estimate of drug-likeness (QED) is 0.220. The van der Waals surface area contributed by atoms with Crippen LogP contribution in [0.5, 0.6) is 0 Å². The van der Waals surface area contributed by atoms with Gasteiger partial charge in [-0.15, -0.1) is 0 Å². The minimum absolute atomic E-state index is 0.243. The molecule has 0 spiro atoms. The van der Waals surface area contributed by atoms with Crippen molar-refractivity contribution in [3.05, 3.63) is 29.8 Å². The summed E-state index contributed by atoms with van der Waals surface area (Å²) in [5, 5.41) is 9.00. The summed E-state index contributed by atoms with van der Waals surface area (Å²) in [7, 11) is -3.63. The first kappa shape index (κ1) is 33.1. The number of hydrogen-bond donors (Lipinski definition) is 1. The summed E-state index contributed by atoms with van der Waals surface area (Å²) in [4.78, 5) is 0.243. The van der Waals surface area contributed by atoms with Gasteiger partial charge in [0, 0.05) is 6.61 Å². The molecule has 1 rings (SSSR count). The Hall–Kier alpha value is -0.910. The fourth-order valence-corrected chi connectivity index (χ4v) is 5.14. The van der Waals surface area contributed by atoms with Gasteiger partial charge in [-0.25, -0.2) is 0 Å². The van der Waals surface area contributed by atoms with E-state index in [0.717, 1.165) is 30.7 Å². The Kier molecular flexibility index (Phi) is 18.8. The molecule has 0 unspecified atom stereocenters. The molecule has 200 valence electrons. The molecule has 0 amide bonds. The summed E-state index contributed by atoms with van der Waals surface area (Å²) in [6.07, 6.45) is 11.9. The molecular weight excluding hydrogens is 444 g/mol. The third-order valence-corrected chi connectivity index (χ3v) is 8.05. The number of unbranched alkanes of at least 4 members (excludes halogenated alkanes) is 2. The van der Waals surface area contributed by atoms with Crippen molar-refractivity contribution in [2.75, 3.05) is 13.2 Å². The van der Waals surface area contributed by atoms with Crippen molar-refractivity contribution in [2.45, 2.75) is 118 Å². The van der Waals surface area contributed by atoms with E-state index in [4.69, 9.17) is 9.29 Å². The zero-order valence-corrected chi connectivity index (χ0v) is 24.0. The standard InChI is InChI=1S/C18H30O3S.C11H24O/c1-5-7-8-16(4)13-17(6-2)14-21-22(19,20)18-11-9-15(3)10-12-18;1-4-6-7-10(3)8-11(5-2)9-12/h9-12,16-17H,5-8,13-14H2,1-4H3;10-12H,4-9H2,1-3H3/t16-,17+;10-,11+/m00/s1. The zero-order chi connectivity index (χ0) is 26.0. The van der Waals surface area contributed by atoms with Gasteiger partial charge in [0.25, 0.3) is 10.1 Å². The first-order valence-electron chi connectivity index (χ1n) is 13.7. The third kappa shape index (κ3) is 15.2. The number of rotatable bonds is 17. The van der Waals surface area contributed by atoms with E-state index in [1.165, 1.54) is 44.9 Å². The predicted molar refractivity (Wildman–Crippen MR) is 146 cm³/mol. The molecule has 0 radical (unpaired) electrons. The minimum atomic E-state index is -3.63. The zero-order valence-electron chi connectivity index (χ0n) is 23.2. The lowest BCUT2D eigenvalue weighted by atomic mass is 9.91. The molecule has 0 bridgehead atoms. The molecule has 34 heavy (non-hydrogen) atoms. The summed E-state index contributed by atoms with van der Waals surface area (Å²) in [6.45, 7) is 15.8. The van der Waals surface area contributed by atoms with E-state index in [2.05, 4.69) is 41.5 Å². The lowest BCUT2D eigenvalue weighted by molar-refractivity contribution is 0.196. The number of aliphatic hydroxyl groups excluding tert-OH is 1. The fourth-order valence-electron chi connectivity index (χ4n) is 4.16. The monoisotopic (exact) mass is 498 g/mol. The number of hydrogen-bond acceptors (Lipinski definition) is 4. The molecule has 0 aromatic heterocycles. The topological polar surface area (TPSA) is 63.6 Å². The Morgan fingerprint density at radius 1 is 0.824 bits per heavy atom. The van der Waals surface area contributed by atoms with E-state index in [-0.39, 0.29) is 11.5 Å². The van der Waals surface area contributed by atoms with Crippen LogP contribution in [-0.4, -0.2) is 26.7 Å². The van der Waals surface area contributed by atoms with E-state index < -0.39 is 10.1 Å². The molecule has 5 heteroatoms. The van der Waals surface area contributed by atoms with Gasteiger partial charge in [0.2, 0.25) is 0 Å². The molecule has 0 aliphatic carbocycles. The largest absolute Gasteiger partial charge is 0.396 e. The van der Waals surface area contributed by atoms with Gasteiger partial charge in [0.05, 0.1) is 11.5 Å². The van der Waals surface area contributed by atoms with Gasteiger partial charge in [0.1, 0.15) is 0 Å². The Morgan fingerprint density at radius 2 is 1.29 bits per heavy atom. The predicted octanol–water partition coefficient (Wildman–Crippen LogP) is 8.16. The molecule has 0 aliphatic heterocycles. The van der Waals surface area contributed by atoms with Crippen LogP contribution in [0.15, 0.2) is 29.2 Å². The molecule has 0 aliphatic rings. The van der Waals surface area contributed by atoms with Gasteiger partial charge < -0.3 is 5.11 Å². The Bertz CT molecular complexity index is 695. The van der Waals surface area contributed by atoms with E-state index in [1.807, 2.05) is 6.92 Å². The smallest absolute Gasteiger partial charge is 0.296 e. The average molecular weight is 499 g/mol. The third-order valence-electron chi connectivity index (χ3n) is 6.75. The van der Waals surface area contributed by atoms with Gasteiger partial charge in [-0.1, -0.05) is 111 Å². The van der Waals surface area contributed by atoms with Crippen LogP contribution in [0.4, 0.5) is 0 Å². The average Bonchev–Trinajstić information content (AvgIpc) is 2.83. The first-order chi connectivity index (χ1) is 16.1. The van der Waals surface area contributed by atoms with Gasteiger partial charge in [-0.3, -0.25) is 4.18 Å². The second-order valence-electron chi connectivity index (χ2n) is 10.2. The van der Waals surface area contributed by atoms with Crippen LogP contribution in [0.2, 0.25) is 0 Å². The summed E-state index contributed by atoms with van der Waals surface area (Å²) in [5.41, 5.74) is 1.04. The van der Waals surface area contributed by atoms with Crippen LogP contribution in [0.1, 0.15) is 111 Å². The number of aliphatic hydroxyl groups is 1. The molecule has 0 saturated carbocycles. The van der Waals surface area contributed by atoms with Crippen LogP contribution >= 0.6 is 0 Å². The maximum Gasteiger partial charge on any atom is 0.296 e. The van der Waals surface area contributed by atoms with Gasteiger partial charge in [-0.2, -0.15) is 8.42 Å². The summed E-state index contributed by atoms with van der Waals surface area (Å²) < 4.78 is 29.7. The van der Waals surface area contributed by atoms with Crippen molar-refractivity contribution in [1.82, 2.24) is 0 Å². The second-order valence-corrected chi connectivity index (χ2v) is 11.9. The van der Waals surface area contributed by atoms with E-state index in [1.54, 1.807) is 24.3 Å². The van der Waals surface area contributed by atoms with Gasteiger partial charge in [-0.05, 0) is 55.6 Å². The molecule has 1 aromatic carbocycles. The molecule has 4 atom stereocenters. The first-order valence-corrected chi connectivity index (χ1v) is 15.1. The van der Waals surface area contributed by atoms with Crippen molar-refractivity contribution in [2.24, 2.45) is 23.7 Å². The maximum absolute atomic E-state index is 12.2. The molecule has 0 fully saturated rings. The van der Waals surface area contributed by atoms with Crippen LogP contribution in [-0.2, 0) is 14.3 Å². The van der Waals surface area contributed by atoms with Crippen LogP contribution in [0.25, 0.3) is 0 Å². The fraction of sp³-hybridized carbons (Fsp3) is 0.793. The molecule has 0 saturated heterocycles. The number of benzene rings is 1. The Balaban J connectivity index is 0.000000770. The van der Waals surface area contributed by atoms with Crippen molar-refractivity contribution in [3.8, 4) is 0 Å². The van der Waals surface area contributed by atoms with Crippen LogP contribution in [0, 0.1) is 30.6 Å². The van der Waals surface area contributed by atoms with E-state index in [9.17, 15) is 8.42 Å². The minimum Gasteiger partial charge on any atom is -0.396 e. The summed E-state index contributed by atoms with van der Waals surface area (Å²) in [5.74, 6) is 2.25. The van der Waals surface area contributed by atoms with Crippen molar-refractivity contribution in [1.29, 1.82) is 0 Å². The highest BCUT2D eigenvalue weighted by Gasteiger charge is 2.19. The second kappa shape index (κ2) is 19.3. The highest BCUT2D eigenvalue weighted by atomic mass is 32.2. The SMILES string of the molecule is CCCC[C@H](C)C[C@@H](CC)CO.CCCC[C@H](C)C[C@@H](CC)COS(=O)(=O)c1ccc(C)cc1. The van der Waals surface area contributed by atoms with Gasteiger partial charge >= 0.3 is 0 Å². The number of aryl methyl sites for hydroxylation is 1. The van der Waals surface area contributed by atoms with Crippen LogP contribution < -0.4 is 0 Å². The van der Waals surface area contributed by atoms with Gasteiger partial charge in [0.15, 0.2) is 0 Å².